The summed E-state index contributed by atoms with van der Waals surface area (Å²) in [5.41, 5.74) is 0. The van der Waals surface area contributed by atoms with Crippen molar-refractivity contribution >= 4 is 11.9 Å². The monoisotopic (exact) mass is 258 g/mol. The second-order valence-electron chi connectivity index (χ2n) is 4.23. The standard InChI is InChI=1S/C10H18O2.C4H8O2/c1-3-4-5-6-7-8-9(2)10(11)12;1-2-3-4(5)6/h6-7,9H,3-5,8H2,1-2H3,(H,11,12);2-3H2,1H3,(H,5,6). The third-order valence-electron chi connectivity index (χ3n) is 2.27. The molecule has 0 aliphatic carbocycles. The Balaban J connectivity index is 0. The third kappa shape index (κ3) is 17.1. The van der Waals surface area contributed by atoms with Crippen LogP contribution in [0.3, 0.4) is 0 Å². The fourth-order valence-corrected chi connectivity index (χ4v) is 1.05. The molecule has 2 N–H and O–H groups in total. The topological polar surface area (TPSA) is 74.6 Å². The molecule has 4 nitrogen and oxygen atoms in total. The number of aliphatic carboxylic acids is 2. The molecule has 0 aliphatic heterocycles. The Kier molecular flexibility index (Phi) is 14.5. The minimum Gasteiger partial charge on any atom is -0.481 e. The van der Waals surface area contributed by atoms with Crippen LogP contribution in [0.5, 0.6) is 0 Å². The lowest BCUT2D eigenvalue weighted by Crippen LogP contribution is -2.07. The first-order valence-electron chi connectivity index (χ1n) is 6.55. The summed E-state index contributed by atoms with van der Waals surface area (Å²) in [4.78, 5) is 20.0. The van der Waals surface area contributed by atoms with Crippen LogP contribution in [-0.2, 0) is 9.59 Å². The Morgan fingerprint density at radius 2 is 1.72 bits per heavy atom. The molecule has 0 fully saturated rings. The molecule has 0 heterocycles. The van der Waals surface area contributed by atoms with E-state index in [2.05, 4.69) is 13.0 Å². The molecule has 0 aromatic carbocycles. The van der Waals surface area contributed by atoms with Gasteiger partial charge >= 0.3 is 11.9 Å². The van der Waals surface area contributed by atoms with Crippen LogP contribution in [0.1, 0.15) is 59.3 Å². The average Bonchev–Trinajstić information content (AvgIpc) is 2.29. The lowest BCUT2D eigenvalue weighted by Gasteiger charge is -1.99. The highest BCUT2D eigenvalue weighted by Gasteiger charge is 2.06. The highest BCUT2D eigenvalue weighted by atomic mass is 16.4. The first kappa shape index (κ1) is 19.0. The Bertz CT molecular complexity index is 246. The third-order valence-corrected chi connectivity index (χ3v) is 2.27. The predicted molar refractivity (Wildman–Crippen MR) is 72.6 cm³/mol. The van der Waals surface area contributed by atoms with Crippen LogP contribution in [0.2, 0.25) is 0 Å². The maximum Gasteiger partial charge on any atom is 0.306 e. The Morgan fingerprint density at radius 1 is 1.11 bits per heavy atom. The van der Waals surface area contributed by atoms with E-state index in [9.17, 15) is 9.59 Å². The van der Waals surface area contributed by atoms with Gasteiger partial charge in [0, 0.05) is 6.42 Å². The highest BCUT2D eigenvalue weighted by Crippen LogP contribution is 2.04. The molecule has 0 aromatic rings. The Hall–Kier alpha value is -1.32. The van der Waals surface area contributed by atoms with E-state index in [1.807, 2.05) is 13.0 Å². The van der Waals surface area contributed by atoms with Crippen LogP contribution in [0.15, 0.2) is 12.2 Å². The van der Waals surface area contributed by atoms with Gasteiger partial charge in [-0.25, -0.2) is 0 Å². The van der Waals surface area contributed by atoms with E-state index in [4.69, 9.17) is 10.2 Å². The van der Waals surface area contributed by atoms with Gasteiger partial charge in [0.05, 0.1) is 5.92 Å². The number of rotatable bonds is 8. The predicted octanol–water partition coefficient (Wildman–Crippen LogP) is 3.71. The zero-order valence-corrected chi connectivity index (χ0v) is 11.7. The molecule has 1 unspecified atom stereocenters. The molecular weight excluding hydrogens is 232 g/mol. The summed E-state index contributed by atoms with van der Waals surface area (Å²) in [6, 6.07) is 0. The van der Waals surface area contributed by atoms with Crippen molar-refractivity contribution in [3.63, 3.8) is 0 Å². The summed E-state index contributed by atoms with van der Waals surface area (Å²) >= 11 is 0. The molecule has 0 aliphatic rings. The number of allylic oxidation sites excluding steroid dienone is 2. The van der Waals surface area contributed by atoms with Crippen molar-refractivity contribution in [1.29, 1.82) is 0 Å². The average molecular weight is 258 g/mol. The van der Waals surface area contributed by atoms with Gasteiger partial charge in [-0.1, -0.05) is 45.8 Å². The SMILES string of the molecule is CCCC(=O)O.CCCCC=CCC(C)C(=O)O. The van der Waals surface area contributed by atoms with Crippen molar-refractivity contribution in [1.82, 2.24) is 0 Å². The lowest BCUT2D eigenvalue weighted by molar-refractivity contribution is -0.141. The molecule has 1 atom stereocenters. The molecule has 0 spiro atoms. The lowest BCUT2D eigenvalue weighted by atomic mass is 10.1. The maximum atomic E-state index is 10.4. The molecule has 0 rings (SSSR count). The fourth-order valence-electron chi connectivity index (χ4n) is 1.05. The molecule has 0 bridgehead atoms. The molecule has 18 heavy (non-hydrogen) atoms. The van der Waals surface area contributed by atoms with E-state index in [1.54, 1.807) is 6.92 Å². The van der Waals surface area contributed by atoms with Gasteiger partial charge in [0.25, 0.3) is 0 Å². The van der Waals surface area contributed by atoms with Gasteiger partial charge in [-0.05, 0) is 19.3 Å². The van der Waals surface area contributed by atoms with Crippen molar-refractivity contribution in [3.8, 4) is 0 Å². The minimum absolute atomic E-state index is 0.247. The van der Waals surface area contributed by atoms with Crippen LogP contribution < -0.4 is 0 Å². The number of carboxylic acids is 2. The van der Waals surface area contributed by atoms with Crippen molar-refractivity contribution in [3.05, 3.63) is 12.2 Å². The summed E-state index contributed by atoms with van der Waals surface area (Å²) < 4.78 is 0. The van der Waals surface area contributed by atoms with Crippen molar-refractivity contribution in [2.75, 3.05) is 0 Å². The molecule has 0 saturated carbocycles. The van der Waals surface area contributed by atoms with Crippen molar-refractivity contribution < 1.29 is 19.8 Å². The van der Waals surface area contributed by atoms with E-state index in [-0.39, 0.29) is 5.92 Å². The molecule has 4 heteroatoms. The minimum atomic E-state index is -0.713. The normalized spacial score (nSPS) is 11.7. The van der Waals surface area contributed by atoms with E-state index >= 15 is 0 Å². The van der Waals surface area contributed by atoms with Crippen molar-refractivity contribution in [2.24, 2.45) is 5.92 Å². The second-order valence-corrected chi connectivity index (χ2v) is 4.23. The van der Waals surface area contributed by atoms with Gasteiger partial charge in [0.15, 0.2) is 0 Å². The number of hydrogen-bond acceptors (Lipinski definition) is 2. The van der Waals surface area contributed by atoms with Crippen LogP contribution >= 0.6 is 0 Å². The summed E-state index contributed by atoms with van der Waals surface area (Å²) in [6.45, 7) is 5.72. The number of unbranched alkanes of at least 4 members (excludes halogenated alkanes) is 2. The number of hydrogen-bond donors (Lipinski definition) is 2. The zero-order chi connectivity index (χ0) is 14.4. The van der Waals surface area contributed by atoms with Crippen LogP contribution in [0.25, 0.3) is 0 Å². The first-order valence-corrected chi connectivity index (χ1v) is 6.55. The summed E-state index contributed by atoms with van der Waals surface area (Å²) in [6.07, 6.45) is 9.17. The van der Waals surface area contributed by atoms with E-state index in [1.165, 1.54) is 12.8 Å². The van der Waals surface area contributed by atoms with Gasteiger partial charge in [0.1, 0.15) is 0 Å². The summed E-state index contributed by atoms with van der Waals surface area (Å²) in [5.74, 6) is -1.67. The highest BCUT2D eigenvalue weighted by molar-refractivity contribution is 5.69. The number of carbonyl (C=O) groups is 2. The molecule has 0 radical (unpaired) electrons. The van der Waals surface area contributed by atoms with E-state index in [0.717, 1.165) is 12.8 Å². The molecule has 106 valence electrons. The quantitative estimate of drug-likeness (QED) is 0.514. The Morgan fingerprint density at radius 3 is 2.06 bits per heavy atom. The smallest absolute Gasteiger partial charge is 0.306 e. The second kappa shape index (κ2) is 13.7. The molecule has 0 amide bonds. The van der Waals surface area contributed by atoms with E-state index < -0.39 is 11.9 Å². The van der Waals surface area contributed by atoms with E-state index in [0.29, 0.717) is 12.8 Å². The summed E-state index contributed by atoms with van der Waals surface area (Å²) in [5, 5.41) is 16.5. The number of carboxylic acid groups (broad SMARTS) is 2. The molecule has 0 saturated heterocycles. The van der Waals surface area contributed by atoms with Crippen LogP contribution in [0, 0.1) is 5.92 Å². The van der Waals surface area contributed by atoms with Gasteiger partial charge in [-0.3, -0.25) is 9.59 Å². The Labute approximate surface area is 110 Å². The van der Waals surface area contributed by atoms with Gasteiger partial charge in [-0.2, -0.15) is 0 Å². The molecule has 0 aromatic heterocycles. The van der Waals surface area contributed by atoms with Gasteiger partial charge < -0.3 is 10.2 Å². The van der Waals surface area contributed by atoms with Gasteiger partial charge in [0.2, 0.25) is 0 Å². The van der Waals surface area contributed by atoms with Gasteiger partial charge in [-0.15, -0.1) is 0 Å². The van der Waals surface area contributed by atoms with Crippen LogP contribution in [-0.4, -0.2) is 22.2 Å². The zero-order valence-electron chi connectivity index (χ0n) is 11.7. The first-order chi connectivity index (χ1) is 8.45. The maximum absolute atomic E-state index is 10.4. The fraction of sp³-hybridized carbons (Fsp3) is 0.714. The summed E-state index contributed by atoms with van der Waals surface area (Å²) in [7, 11) is 0. The van der Waals surface area contributed by atoms with Crippen LogP contribution in [0.4, 0.5) is 0 Å². The van der Waals surface area contributed by atoms with Crippen molar-refractivity contribution in [2.45, 2.75) is 59.3 Å². The molecular formula is C14H26O4. The largest absolute Gasteiger partial charge is 0.481 e.